The summed E-state index contributed by atoms with van der Waals surface area (Å²) in [5.74, 6) is 0. The lowest BCUT2D eigenvalue weighted by atomic mass is 10.2. The molecule has 1 fully saturated rings. The van der Waals surface area contributed by atoms with Crippen molar-refractivity contribution >= 4 is 15.7 Å². The second kappa shape index (κ2) is 3.50. The normalized spacial score (nSPS) is 16.4. The molecule has 0 aliphatic heterocycles. The summed E-state index contributed by atoms with van der Waals surface area (Å²) in [6.45, 7) is 1.74. The lowest BCUT2D eigenvalue weighted by Gasteiger charge is -2.08. The molecular formula is C10H14N2O2S. The fourth-order valence-corrected chi connectivity index (χ4v) is 2.27. The molecule has 0 unspecified atom stereocenters. The van der Waals surface area contributed by atoms with E-state index in [0.717, 1.165) is 18.5 Å². The van der Waals surface area contributed by atoms with Gasteiger partial charge in [0.2, 0.25) is 10.0 Å². The van der Waals surface area contributed by atoms with E-state index in [9.17, 15) is 8.42 Å². The number of hydrogen-bond donors (Lipinski definition) is 2. The maximum atomic E-state index is 11.3. The Bertz CT molecular complexity index is 478. The van der Waals surface area contributed by atoms with Crippen LogP contribution in [0.1, 0.15) is 18.4 Å². The number of nitrogens with one attached hydrogen (secondary N) is 1. The number of benzene rings is 1. The molecule has 1 aromatic carbocycles. The predicted molar refractivity (Wildman–Crippen MR) is 59.2 cm³/mol. The van der Waals surface area contributed by atoms with E-state index in [2.05, 4.69) is 5.32 Å². The Morgan fingerprint density at radius 2 is 2.07 bits per heavy atom. The second-order valence-electron chi connectivity index (χ2n) is 3.94. The molecule has 1 aromatic rings. The molecular weight excluding hydrogens is 212 g/mol. The number of rotatable bonds is 3. The summed E-state index contributed by atoms with van der Waals surface area (Å²) in [4.78, 5) is 0.202. The quantitative estimate of drug-likeness (QED) is 0.814. The van der Waals surface area contributed by atoms with Gasteiger partial charge in [0.1, 0.15) is 0 Å². The van der Waals surface area contributed by atoms with E-state index in [1.165, 1.54) is 0 Å². The predicted octanol–water partition coefficient (Wildman–Crippen LogP) is 1.22. The summed E-state index contributed by atoms with van der Waals surface area (Å²) < 4.78 is 22.5. The van der Waals surface area contributed by atoms with E-state index in [-0.39, 0.29) is 4.90 Å². The molecule has 1 saturated carbocycles. The zero-order valence-corrected chi connectivity index (χ0v) is 9.34. The summed E-state index contributed by atoms with van der Waals surface area (Å²) in [7, 11) is -3.61. The number of hydrogen-bond acceptors (Lipinski definition) is 3. The molecule has 15 heavy (non-hydrogen) atoms. The van der Waals surface area contributed by atoms with Gasteiger partial charge < -0.3 is 5.32 Å². The molecule has 0 atom stereocenters. The summed E-state index contributed by atoms with van der Waals surface area (Å²) >= 11 is 0. The molecule has 0 aromatic heterocycles. The summed E-state index contributed by atoms with van der Waals surface area (Å²) in [6.07, 6.45) is 2.30. The van der Waals surface area contributed by atoms with Gasteiger partial charge in [0, 0.05) is 11.7 Å². The Morgan fingerprint density at radius 3 is 2.60 bits per heavy atom. The topological polar surface area (TPSA) is 72.2 Å². The van der Waals surface area contributed by atoms with Gasteiger partial charge in [-0.05, 0) is 37.5 Å². The van der Waals surface area contributed by atoms with E-state index in [0.29, 0.717) is 11.6 Å². The molecule has 0 spiro atoms. The molecule has 0 bridgehead atoms. The van der Waals surface area contributed by atoms with E-state index in [1.54, 1.807) is 19.1 Å². The Kier molecular flexibility index (Phi) is 2.44. The van der Waals surface area contributed by atoms with Gasteiger partial charge in [-0.25, -0.2) is 13.6 Å². The smallest absolute Gasteiger partial charge is 0.238 e. The average molecular weight is 226 g/mol. The number of nitrogens with two attached hydrogens (primary N) is 1. The van der Waals surface area contributed by atoms with Crippen LogP contribution in [0.25, 0.3) is 0 Å². The highest BCUT2D eigenvalue weighted by Crippen LogP contribution is 2.26. The van der Waals surface area contributed by atoms with Crippen LogP contribution in [-0.2, 0) is 10.0 Å². The van der Waals surface area contributed by atoms with Crippen molar-refractivity contribution in [3.63, 3.8) is 0 Å². The van der Waals surface area contributed by atoms with Crippen LogP contribution in [0.15, 0.2) is 23.1 Å². The summed E-state index contributed by atoms with van der Waals surface area (Å²) in [5, 5.41) is 8.35. The minimum atomic E-state index is -3.61. The number of anilines is 1. The van der Waals surface area contributed by atoms with E-state index in [1.807, 2.05) is 6.07 Å². The monoisotopic (exact) mass is 226 g/mol. The lowest BCUT2D eigenvalue weighted by molar-refractivity contribution is 0.597. The van der Waals surface area contributed by atoms with Gasteiger partial charge >= 0.3 is 0 Å². The lowest BCUT2D eigenvalue weighted by Crippen LogP contribution is -2.14. The maximum Gasteiger partial charge on any atom is 0.238 e. The zero-order chi connectivity index (χ0) is 11.1. The van der Waals surface area contributed by atoms with Crippen molar-refractivity contribution in [3.8, 4) is 0 Å². The Labute approximate surface area is 89.5 Å². The molecule has 1 aliphatic rings. The SMILES string of the molecule is Cc1ccc(NC2CC2)cc1S(N)(=O)=O. The van der Waals surface area contributed by atoms with Gasteiger partial charge in [0.05, 0.1) is 4.90 Å². The van der Waals surface area contributed by atoms with Gasteiger partial charge in [-0.15, -0.1) is 0 Å². The molecule has 5 heteroatoms. The van der Waals surface area contributed by atoms with Crippen molar-refractivity contribution in [2.24, 2.45) is 5.14 Å². The van der Waals surface area contributed by atoms with E-state index < -0.39 is 10.0 Å². The van der Waals surface area contributed by atoms with Gasteiger partial charge in [-0.1, -0.05) is 6.07 Å². The Hall–Kier alpha value is -1.07. The van der Waals surface area contributed by atoms with Crippen molar-refractivity contribution in [1.29, 1.82) is 0 Å². The molecule has 0 amide bonds. The van der Waals surface area contributed by atoms with Crippen LogP contribution in [0.5, 0.6) is 0 Å². The Morgan fingerprint density at radius 1 is 1.40 bits per heavy atom. The van der Waals surface area contributed by atoms with Crippen molar-refractivity contribution in [1.82, 2.24) is 0 Å². The fourth-order valence-electron chi connectivity index (χ4n) is 1.46. The fraction of sp³-hybridized carbons (Fsp3) is 0.400. The molecule has 0 radical (unpaired) electrons. The molecule has 1 aliphatic carbocycles. The van der Waals surface area contributed by atoms with Crippen molar-refractivity contribution in [2.75, 3.05) is 5.32 Å². The minimum absolute atomic E-state index is 0.202. The largest absolute Gasteiger partial charge is 0.382 e. The number of aryl methyl sites for hydroxylation is 1. The van der Waals surface area contributed by atoms with Gasteiger partial charge in [-0.2, -0.15) is 0 Å². The number of sulfonamides is 1. The van der Waals surface area contributed by atoms with Crippen LogP contribution in [-0.4, -0.2) is 14.5 Å². The first kappa shape index (κ1) is 10.4. The minimum Gasteiger partial charge on any atom is -0.382 e. The molecule has 2 rings (SSSR count). The third kappa shape index (κ3) is 2.49. The van der Waals surface area contributed by atoms with Crippen LogP contribution < -0.4 is 10.5 Å². The standard InChI is InChI=1S/C10H14N2O2S/c1-7-2-3-9(12-8-4-5-8)6-10(7)15(11,13)14/h2-3,6,8,12H,4-5H2,1H3,(H2,11,13,14). The van der Waals surface area contributed by atoms with E-state index >= 15 is 0 Å². The first-order valence-electron chi connectivity index (χ1n) is 4.87. The highest BCUT2D eigenvalue weighted by molar-refractivity contribution is 7.89. The van der Waals surface area contributed by atoms with Gasteiger partial charge in [-0.3, -0.25) is 0 Å². The Balaban J connectivity index is 2.35. The van der Waals surface area contributed by atoms with Crippen molar-refractivity contribution in [2.45, 2.75) is 30.7 Å². The summed E-state index contributed by atoms with van der Waals surface area (Å²) in [6, 6.07) is 5.75. The highest BCUT2D eigenvalue weighted by atomic mass is 32.2. The zero-order valence-electron chi connectivity index (χ0n) is 8.53. The van der Waals surface area contributed by atoms with Crippen LogP contribution >= 0.6 is 0 Å². The summed E-state index contributed by atoms with van der Waals surface area (Å²) in [5.41, 5.74) is 1.51. The third-order valence-electron chi connectivity index (χ3n) is 2.44. The molecule has 82 valence electrons. The molecule has 4 nitrogen and oxygen atoms in total. The highest BCUT2D eigenvalue weighted by Gasteiger charge is 2.21. The average Bonchev–Trinajstić information content (AvgIpc) is 2.90. The van der Waals surface area contributed by atoms with Gasteiger partial charge in [0.25, 0.3) is 0 Å². The third-order valence-corrected chi connectivity index (χ3v) is 3.50. The first-order chi connectivity index (χ1) is 6.97. The van der Waals surface area contributed by atoms with Crippen molar-refractivity contribution in [3.05, 3.63) is 23.8 Å². The maximum absolute atomic E-state index is 11.3. The molecule has 0 heterocycles. The second-order valence-corrected chi connectivity index (χ2v) is 5.47. The van der Waals surface area contributed by atoms with Crippen LogP contribution in [0.4, 0.5) is 5.69 Å². The molecule has 0 saturated heterocycles. The van der Waals surface area contributed by atoms with Gasteiger partial charge in [0.15, 0.2) is 0 Å². The van der Waals surface area contributed by atoms with Crippen molar-refractivity contribution < 1.29 is 8.42 Å². The van der Waals surface area contributed by atoms with Crippen LogP contribution in [0.3, 0.4) is 0 Å². The number of primary sulfonamides is 1. The molecule has 3 N–H and O–H groups in total. The first-order valence-corrected chi connectivity index (χ1v) is 6.41. The van der Waals surface area contributed by atoms with Crippen LogP contribution in [0.2, 0.25) is 0 Å². The van der Waals surface area contributed by atoms with Crippen LogP contribution in [0, 0.1) is 6.92 Å². The van der Waals surface area contributed by atoms with E-state index in [4.69, 9.17) is 5.14 Å².